The molecule has 3 aromatic carbocycles. The number of halogens is 1. The molecule has 0 spiro atoms. The van der Waals surface area contributed by atoms with E-state index in [0.29, 0.717) is 10.8 Å². The maximum Gasteiger partial charge on any atom is 0.328 e. The molecule has 1 aromatic heterocycles. The number of nitrogens with one attached hydrogen (secondary N) is 2. The quantitative estimate of drug-likeness (QED) is 0.251. The van der Waals surface area contributed by atoms with Gasteiger partial charge in [-0.25, -0.2) is 9.78 Å². The Bertz CT molecular complexity index is 1490. The fourth-order valence-corrected chi connectivity index (χ4v) is 4.08. The van der Waals surface area contributed by atoms with Crippen LogP contribution in [0.2, 0.25) is 5.02 Å². The molecule has 0 radical (unpaired) electrons. The Balaban J connectivity index is 1.53. The number of aromatic nitrogens is 1. The van der Waals surface area contributed by atoms with Gasteiger partial charge in [-0.2, -0.15) is 0 Å². The van der Waals surface area contributed by atoms with E-state index in [0.717, 1.165) is 27.7 Å². The van der Waals surface area contributed by atoms with Crippen molar-refractivity contribution in [2.24, 2.45) is 0 Å². The number of benzene rings is 2. The second-order valence-corrected chi connectivity index (χ2v) is 9.19. The third-order valence-electron chi connectivity index (χ3n) is 5.60. The molecule has 0 amide bonds. The van der Waals surface area contributed by atoms with E-state index in [1.54, 1.807) is 13.8 Å². The van der Waals surface area contributed by atoms with Crippen LogP contribution in [-0.2, 0) is 16.0 Å². The fraction of sp³-hybridized carbons (Fsp3) is 0.259. The van der Waals surface area contributed by atoms with Crippen LogP contribution in [0.3, 0.4) is 0 Å². The standard InChI is InChI=1S/C27H26ClN3O5/c1-14(2)36-25-22(23(32)24(25)33)31-21(27(34)35-4)12-16-5-9-19(10-6-16)30-26-20-13-18(28)8-7-17(20)11-15(3)29-26/h5-11,13-14,21,31H,12H2,1-4H3,(H,29,30)/t21-/m0/s1. The van der Waals surface area contributed by atoms with Crippen LogP contribution in [0.4, 0.5) is 17.2 Å². The Morgan fingerprint density at radius 1 is 1.06 bits per heavy atom. The van der Waals surface area contributed by atoms with Crippen molar-refractivity contribution in [3.8, 4) is 5.75 Å². The second-order valence-electron chi connectivity index (χ2n) is 8.75. The molecule has 0 saturated carbocycles. The van der Waals surface area contributed by atoms with E-state index in [-0.39, 0.29) is 24.0 Å². The maximum atomic E-state index is 12.4. The summed E-state index contributed by atoms with van der Waals surface area (Å²) in [5.74, 6) is 0.0710. The molecule has 0 fully saturated rings. The molecule has 4 rings (SSSR count). The summed E-state index contributed by atoms with van der Waals surface area (Å²) >= 11 is 6.19. The minimum absolute atomic E-state index is 0.00144. The molecule has 9 heteroatoms. The summed E-state index contributed by atoms with van der Waals surface area (Å²) in [6.07, 6.45) is -0.0600. The molecule has 0 aliphatic heterocycles. The number of hydrogen-bond donors (Lipinski definition) is 2. The van der Waals surface area contributed by atoms with Crippen LogP contribution < -0.4 is 26.2 Å². The number of fused-ring (bicyclic) bond motifs is 1. The molecule has 36 heavy (non-hydrogen) atoms. The first-order valence-electron chi connectivity index (χ1n) is 11.4. The van der Waals surface area contributed by atoms with Gasteiger partial charge in [-0.05, 0) is 62.1 Å². The predicted molar refractivity (Wildman–Crippen MR) is 141 cm³/mol. The minimum Gasteiger partial charge on any atom is -0.485 e. The molecule has 0 aliphatic carbocycles. The lowest BCUT2D eigenvalue weighted by Crippen LogP contribution is -2.42. The average Bonchev–Trinajstić information content (AvgIpc) is 2.85. The van der Waals surface area contributed by atoms with Gasteiger partial charge in [0.25, 0.3) is 10.9 Å². The van der Waals surface area contributed by atoms with Gasteiger partial charge in [0.15, 0.2) is 5.75 Å². The average molecular weight is 508 g/mol. The summed E-state index contributed by atoms with van der Waals surface area (Å²) in [6.45, 7) is 5.42. The first-order chi connectivity index (χ1) is 17.2. The van der Waals surface area contributed by atoms with Crippen molar-refractivity contribution < 1.29 is 14.3 Å². The molecule has 1 heterocycles. The van der Waals surface area contributed by atoms with E-state index in [2.05, 4.69) is 15.6 Å². The van der Waals surface area contributed by atoms with Crippen molar-refractivity contribution >= 4 is 45.5 Å². The van der Waals surface area contributed by atoms with Gasteiger partial charge >= 0.3 is 5.97 Å². The largest absolute Gasteiger partial charge is 0.485 e. The molecule has 4 aromatic rings. The van der Waals surface area contributed by atoms with Crippen LogP contribution in [0, 0.1) is 6.92 Å². The van der Waals surface area contributed by atoms with E-state index < -0.39 is 22.9 Å². The van der Waals surface area contributed by atoms with Crippen LogP contribution >= 0.6 is 11.6 Å². The van der Waals surface area contributed by atoms with E-state index in [9.17, 15) is 14.4 Å². The molecule has 1 atom stereocenters. The van der Waals surface area contributed by atoms with Crippen LogP contribution in [0.15, 0.2) is 58.1 Å². The summed E-state index contributed by atoms with van der Waals surface area (Å²) in [5, 5.41) is 8.73. The SMILES string of the molecule is COC(=O)[C@H](Cc1ccc(Nc2nc(C)cc3ccc(Cl)cc23)cc1)Nc1c(OC(C)C)c(=O)c1=O. The number of methoxy groups -OCH3 is 1. The number of hydrogen-bond acceptors (Lipinski definition) is 8. The van der Waals surface area contributed by atoms with Crippen molar-refractivity contribution in [1.29, 1.82) is 0 Å². The van der Waals surface area contributed by atoms with Crippen molar-refractivity contribution in [3.63, 3.8) is 0 Å². The van der Waals surface area contributed by atoms with Crippen LogP contribution in [0.5, 0.6) is 5.75 Å². The summed E-state index contributed by atoms with van der Waals surface area (Å²) < 4.78 is 10.3. The number of esters is 1. The zero-order chi connectivity index (χ0) is 26.0. The van der Waals surface area contributed by atoms with Crippen molar-refractivity contribution in [1.82, 2.24) is 4.98 Å². The van der Waals surface area contributed by atoms with E-state index in [4.69, 9.17) is 21.1 Å². The first kappa shape index (κ1) is 25.2. The molecule has 0 unspecified atom stereocenters. The highest BCUT2D eigenvalue weighted by molar-refractivity contribution is 6.31. The first-order valence-corrected chi connectivity index (χ1v) is 11.8. The summed E-state index contributed by atoms with van der Waals surface area (Å²) in [4.78, 5) is 41.0. The Hall–Kier alpha value is -3.91. The van der Waals surface area contributed by atoms with Crippen molar-refractivity contribution in [2.45, 2.75) is 39.3 Å². The van der Waals surface area contributed by atoms with Gasteiger partial charge in [0.1, 0.15) is 17.5 Å². The molecule has 0 aliphatic rings. The lowest BCUT2D eigenvalue weighted by molar-refractivity contribution is -0.141. The topological polar surface area (TPSA) is 107 Å². The summed E-state index contributed by atoms with van der Waals surface area (Å²) in [6, 6.07) is 14.2. The fourth-order valence-electron chi connectivity index (χ4n) is 3.91. The van der Waals surface area contributed by atoms with Crippen LogP contribution in [-0.4, -0.2) is 30.2 Å². The van der Waals surface area contributed by atoms with Gasteiger partial charge in [-0.15, -0.1) is 0 Å². The normalized spacial score (nSPS) is 12.1. The maximum absolute atomic E-state index is 12.4. The summed E-state index contributed by atoms with van der Waals surface area (Å²) in [5.41, 5.74) is 1.07. The molecule has 2 N–H and O–H groups in total. The van der Waals surface area contributed by atoms with Gasteiger partial charge in [0.05, 0.1) is 13.2 Å². The lowest BCUT2D eigenvalue weighted by Gasteiger charge is -2.21. The van der Waals surface area contributed by atoms with Crippen molar-refractivity contribution in [2.75, 3.05) is 17.7 Å². The highest BCUT2D eigenvalue weighted by Gasteiger charge is 2.29. The molecule has 0 bridgehead atoms. The molecular weight excluding hydrogens is 482 g/mol. The smallest absolute Gasteiger partial charge is 0.328 e. The summed E-state index contributed by atoms with van der Waals surface area (Å²) in [7, 11) is 1.27. The number of anilines is 3. The second kappa shape index (κ2) is 10.4. The number of ether oxygens (including phenoxy) is 2. The zero-order valence-electron chi connectivity index (χ0n) is 20.3. The van der Waals surface area contributed by atoms with Crippen LogP contribution in [0.1, 0.15) is 25.1 Å². The molecule has 0 saturated heterocycles. The third-order valence-corrected chi connectivity index (χ3v) is 5.84. The number of pyridine rings is 1. The van der Waals surface area contributed by atoms with Gasteiger partial charge in [-0.1, -0.05) is 29.8 Å². The number of rotatable bonds is 9. The van der Waals surface area contributed by atoms with E-state index in [1.165, 1.54) is 7.11 Å². The van der Waals surface area contributed by atoms with Crippen LogP contribution in [0.25, 0.3) is 10.8 Å². The Labute approximate surface area is 212 Å². The van der Waals surface area contributed by atoms with E-state index >= 15 is 0 Å². The van der Waals surface area contributed by atoms with E-state index in [1.807, 2.05) is 55.5 Å². The number of nitrogens with zero attached hydrogens (tertiary/aromatic N) is 1. The zero-order valence-corrected chi connectivity index (χ0v) is 21.1. The van der Waals surface area contributed by atoms with Gasteiger partial charge < -0.3 is 20.1 Å². The monoisotopic (exact) mass is 507 g/mol. The highest BCUT2D eigenvalue weighted by atomic mass is 35.5. The Morgan fingerprint density at radius 3 is 2.44 bits per heavy atom. The number of carbonyl (C=O) groups is 1. The molecule has 186 valence electrons. The highest BCUT2D eigenvalue weighted by Crippen LogP contribution is 2.28. The van der Waals surface area contributed by atoms with Gasteiger partial charge in [0.2, 0.25) is 0 Å². The lowest BCUT2D eigenvalue weighted by atomic mass is 10.0. The number of carbonyl (C=O) groups excluding carboxylic acids is 1. The third kappa shape index (κ3) is 5.33. The Morgan fingerprint density at radius 2 is 1.78 bits per heavy atom. The molecule has 8 nitrogen and oxygen atoms in total. The predicted octanol–water partition coefficient (Wildman–Crippen LogP) is 4.52. The van der Waals surface area contributed by atoms with Gasteiger partial charge in [-0.3, -0.25) is 9.59 Å². The molecular formula is C27H26ClN3O5. The minimum atomic E-state index is -0.879. The Kier molecular flexibility index (Phi) is 7.26. The number of aryl methyl sites for hydroxylation is 1. The van der Waals surface area contributed by atoms with Gasteiger partial charge in [0, 0.05) is 28.2 Å². The van der Waals surface area contributed by atoms with Crippen molar-refractivity contribution in [3.05, 3.63) is 85.3 Å².